The van der Waals surface area contributed by atoms with Gasteiger partial charge in [0, 0.05) is 4.90 Å². The van der Waals surface area contributed by atoms with Gasteiger partial charge in [0.25, 0.3) is 5.56 Å². The molecule has 0 aliphatic heterocycles. The molecule has 0 bridgehead atoms. The lowest BCUT2D eigenvalue weighted by molar-refractivity contribution is 0.0517. The Bertz CT molecular complexity index is 1000. The Balaban J connectivity index is 2.71. The van der Waals surface area contributed by atoms with Crippen molar-refractivity contribution >= 4 is 52.5 Å². The summed E-state index contributed by atoms with van der Waals surface area (Å²) in [7, 11) is 0. The van der Waals surface area contributed by atoms with Gasteiger partial charge in [-0.05, 0) is 36.7 Å². The predicted octanol–water partition coefficient (Wildman–Crippen LogP) is 5.17. The highest BCUT2D eigenvalue weighted by atomic mass is 35.5. The number of nitriles is 1. The monoisotopic (exact) mass is 452 g/mol. The van der Waals surface area contributed by atoms with Gasteiger partial charge in [0.1, 0.15) is 17.3 Å². The van der Waals surface area contributed by atoms with Crippen LogP contribution in [0, 0.1) is 11.3 Å². The molecule has 1 heterocycles. The van der Waals surface area contributed by atoms with E-state index in [0.717, 1.165) is 6.07 Å². The Morgan fingerprint density at radius 1 is 1.41 bits per heavy atom. The Labute approximate surface area is 171 Å². The number of nitrogens with one attached hydrogen (secondary N) is 1. The van der Waals surface area contributed by atoms with E-state index in [1.807, 2.05) is 11.1 Å². The topological polar surface area (TPSA) is 82.9 Å². The molecule has 0 atom stereocenters. The molecular weight excluding hydrogens is 445 g/mol. The molecule has 0 radical (unpaired) electrons. The summed E-state index contributed by atoms with van der Waals surface area (Å²) in [4.78, 5) is 26.1. The van der Waals surface area contributed by atoms with Gasteiger partial charge < -0.3 is 9.72 Å². The van der Waals surface area contributed by atoms with Gasteiger partial charge in [-0.25, -0.2) is 4.79 Å². The quantitative estimate of drug-likeness (QED) is 0.499. The van der Waals surface area contributed by atoms with Crippen molar-refractivity contribution < 1.29 is 18.3 Å². The Kier molecular flexibility index (Phi) is 6.76. The number of H-pyrrole nitrogens is 1. The van der Waals surface area contributed by atoms with Crippen LogP contribution in [-0.4, -0.2) is 17.6 Å². The molecule has 5 nitrogen and oxygen atoms in total. The molecule has 0 aliphatic rings. The SMILES string of the molecule is CCOC(=O)c1c(Sc2c(Cl)ccc(C#N)c2Cl)cc(C(F)(F)Cl)[nH]c1=O. The van der Waals surface area contributed by atoms with Gasteiger partial charge in [-0.3, -0.25) is 4.79 Å². The van der Waals surface area contributed by atoms with Crippen molar-refractivity contribution in [3.8, 4) is 6.07 Å². The van der Waals surface area contributed by atoms with Crippen LogP contribution in [0.2, 0.25) is 10.0 Å². The molecule has 0 spiro atoms. The number of carbonyl (C=O) groups excluding carboxylic acids is 1. The van der Waals surface area contributed by atoms with E-state index in [2.05, 4.69) is 0 Å². The highest BCUT2D eigenvalue weighted by molar-refractivity contribution is 7.99. The molecule has 142 valence electrons. The van der Waals surface area contributed by atoms with E-state index in [0.29, 0.717) is 11.8 Å². The number of halogens is 5. The third-order valence-electron chi connectivity index (χ3n) is 3.16. The number of aromatic amines is 1. The Hall–Kier alpha value is -1.79. The first-order chi connectivity index (χ1) is 12.6. The number of pyridine rings is 1. The number of ether oxygens (including phenoxy) is 1. The van der Waals surface area contributed by atoms with Crippen molar-refractivity contribution in [2.75, 3.05) is 6.61 Å². The first-order valence-corrected chi connectivity index (χ1v) is 9.12. The second-order valence-electron chi connectivity index (χ2n) is 4.92. The number of alkyl halides is 3. The normalized spacial score (nSPS) is 11.1. The summed E-state index contributed by atoms with van der Waals surface area (Å²) < 4.78 is 31.8. The summed E-state index contributed by atoms with van der Waals surface area (Å²) >= 11 is 17.9. The first kappa shape index (κ1) is 21.5. The summed E-state index contributed by atoms with van der Waals surface area (Å²) in [5, 5.41) is 5.23. The smallest absolute Gasteiger partial charge is 0.362 e. The molecule has 0 aliphatic carbocycles. The lowest BCUT2D eigenvalue weighted by Gasteiger charge is -2.14. The summed E-state index contributed by atoms with van der Waals surface area (Å²) in [5.41, 5.74) is -2.47. The average Bonchev–Trinajstić information content (AvgIpc) is 2.57. The second-order valence-corrected chi connectivity index (χ2v) is 7.23. The van der Waals surface area contributed by atoms with E-state index in [9.17, 15) is 18.4 Å². The lowest BCUT2D eigenvalue weighted by Crippen LogP contribution is -2.24. The van der Waals surface area contributed by atoms with Crippen molar-refractivity contribution in [1.82, 2.24) is 4.98 Å². The standard InChI is InChI=1S/C16H9Cl3F2N2O3S/c1-2-26-15(25)11-9(5-10(16(19,20)21)23-14(11)24)27-13-8(17)4-3-7(6-22)12(13)18/h3-5H,2H2,1H3,(H,23,24). The van der Waals surface area contributed by atoms with Gasteiger partial charge in [-0.1, -0.05) is 35.0 Å². The number of nitrogens with zero attached hydrogens (tertiary/aromatic N) is 1. The lowest BCUT2D eigenvalue weighted by atomic mass is 10.2. The third kappa shape index (κ3) is 4.74. The van der Waals surface area contributed by atoms with E-state index < -0.39 is 28.2 Å². The van der Waals surface area contributed by atoms with Crippen LogP contribution in [0.25, 0.3) is 0 Å². The minimum absolute atomic E-state index is 0.0404. The molecule has 0 saturated heterocycles. The minimum Gasteiger partial charge on any atom is -0.462 e. The van der Waals surface area contributed by atoms with E-state index in [1.54, 1.807) is 0 Å². The number of esters is 1. The van der Waals surface area contributed by atoms with Crippen molar-refractivity contribution in [2.24, 2.45) is 0 Å². The van der Waals surface area contributed by atoms with Gasteiger partial charge in [0.05, 0.1) is 27.1 Å². The van der Waals surface area contributed by atoms with Crippen molar-refractivity contribution in [3.63, 3.8) is 0 Å². The second kappa shape index (κ2) is 8.48. The number of hydrogen-bond acceptors (Lipinski definition) is 5. The minimum atomic E-state index is -3.89. The number of aromatic nitrogens is 1. The van der Waals surface area contributed by atoms with Crippen molar-refractivity contribution in [1.29, 1.82) is 5.26 Å². The van der Waals surface area contributed by atoms with Crippen LogP contribution in [-0.2, 0) is 10.1 Å². The zero-order chi connectivity index (χ0) is 20.4. The molecule has 2 rings (SSSR count). The maximum Gasteiger partial charge on any atom is 0.362 e. The van der Waals surface area contributed by atoms with Gasteiger partial charge in [-0.2, -0.15) is 14.0 Å². The van der Waals surface area contributed by atoms with Crippen molar-refractivity contribution in [3.05, 3.63) is 55.4 Å². The molecule has 0 unspecified atom stereocenters. The van der Waals surface area contributed by atoms with Gasteiger partial charge >= 0.3 is 11.4 Å². The van der Waals surface area contributed by atoms with E-state index in [1.165, 1.54) is 19.1 Å². The van der Waals surface area contributed by atoms with Crippen LogP contribution in [0.3, 0.4) is 0 Å². The molecule has 1 aromatic carbocycles. The Morgan fingerprint density at radius 2 is 2.07 bits per heavy atom. The molecular formula is C16H9Cl3F2N2O3S. The van der Waals surface area contributed by atoms with Gasteiger partial charge in [0.15, 0.2) is 0 Å². The van der Waals surface area contributed by atoms with Crippen LogP contribution in [0.15, 0.2) is 32.8 Å². The maximum absolute atomic E-state index is 13.5. The fourth-order valence-electron chi connectivity index (χ4n) is 1.99. The van der Waals surface area contributed by atoms with Crippen LogP contribution >= 0.6 is 46.6 Å². The largest absolute Gasteiger partial charge is 0.462 e. The van der Waals surface area contributed by atoms with Gasteiger partial charge in [-0.15, -0.1) is 0 Å². The highest BCUT2D eigenvalue weighted by Crippen LogP contribution is 2.42. The van der Waals surface area contributed by atoms with E-state index >= 15 is 0 Å². The van der Waals surface area contributed by atoms with Crippen LogP contribution in [0.5, 0.6) is 0 Å². The van der Waals surface area contributed by atoms with Crippen LogP contribution in [0.4, 0.5) is 8.78 Å². The zero-order valence-corrected chi connectivity index (χ0v) is 16.5. The number of benzene rings is 1. The number of rotatable bonds is 5. The molecule has 2 aromatic rings. The zero-order valence-electron chi connectivity index (χ0n) is 13.4. The molecule has 11 heteroatoms. The summed E-state index contributed by atoms with van der Waals surface area (Å²) in [5.74, 6) is -1.02. The maximum atomic E-state index is 13.5. The van der Waals surface area contributed by atoms with E-state index in [4.69, 9.17) is 44.8 Å². The number of hydrogen-bond donors (Lipinski definition) is 1. The number of carbonyl (C=O) groups is 1. The van der Waals surface area contributed by atoms with Crippen LogP contribution < -0.4 is 5.56 Å². The van der Waals surface area contributed by atoms with E-state index in [-0.39, 0.29) is 32.0 Å². The van der Waals surface area contributed by atoms with Crippen LogP contribution in [0.1, 0.15) is 28.5 Å². The fraction of sp³-hybridized carbons (Fsp3) is 0.188. The third-order valence-corrected chi connectivity index (χ3v) is 5.47. The molecule has 0 fully saturated rings. The predicted molar refractivity (Wildman–Crippen MR) is 98.1 cm³/mol. The van der Waals surface area contributed by atoms with Crippen molar-refractivity contribution in [2.45, 2.75) is 22.1 Å². The summed E-state index contributed by atoms with van der Waals surface area (Å²) in [6.45, 7) is 1.48. The molecule has 0 amide bonds. The highest BCUT2D eigenvalue weighted by Gasteiger charge is 2.32. The van der Waals surface area contributed by atoms with Gasteiger partial charge in [0.2, 0.25) is 0 Å². The Morgan fingerprint density at radius 3 is 2.63 bits per heavy atom. The molecule has 0 saturated carbocycles. The fourth-order valence-corrected chi connectivity index (χ4v) is 3.77. The first-order valence-electron chi connectivity index (χ1n) is 7.17. The average molecular weight is 454 g/mol. The molecule has 1 aromatic heterocycles. The summed E-state index contributed by atoms with van der Waals surface area (Å²) in [6, 6.07) is 5.43. The molecule has 27 heavy (non-hydrogen) atoms. The summed E-state index contributed by atoms with van der Waals surface area (Å²) in [6.07, 6.45) is 0. The molecule has 1 N–H and O–H groups in total.